The van der Waals surface area contributed by atoms with Gasteiger partial charge in [-0.1, -0.05) is 67.0 Å². The van der Waals surface area contributed by atoms with Crippen LogP contribution in [-0.4, -0.2) is 101 Å². The van der Waals surface area contributed by atoms with Crippen LogP contribution in [0.15, 0.2) is 110 Å². The Balaban J connectivity index is 0.00000234. The lowest BCUT2D eigenvalue weighted by atomic mass is 9.82. The van der Waals surface area contributed by atoms with Gasteiger partial charge in [-0.3, -0.25) is 14.4 Å². The molecule has 0 N–H and O–H groups in total. The Kier molecular flexibility index (Phi) is 37.2. The first-order chi connectivity index (χ1) is 41.5. The molecule has 1 fully saturated rings. The van der Waals surface area contributed by atoms with Gasteiger partial charge >= 0.3 is 41.8 Å². The van der Waals surface area contributed by atoms with Gasteiger partial charge in [0.05, 0.1) is 62.6 Å². The van der Waals surface area contributed by atoms with E-state index >= 15 is 0 Å². The van der Waals surface area contributed by atoms with Crippen LogP contribution < -0.4 is 28.4 Å². The first-order valence-electron chi connectivity index (χ1n) is 29.5. The van der Waals surface area contributed by atoms with E-state index in [9.17, 15) is 38.4 Å². The number of allylic oxidation sites excluding steroid dienone is 1. The molecule has 0 aromatic heterocycles. The monoisotopic (exact) mass is 1200 g/mol. The summed E-state index contributed by atoms with van der Waals surface area (Å²) in [5, 5.41) is 0. The Morgan fingerprint density at radius 3 is 1.23 bits per heavy atom. The summed E-state index contributed by atoms with van der Waals surface area (Å²) in [4.78, 5) is 102. The third kappa shape index (κ3) is 28.0. The van der Waals surface area contributed by atoms with E-state index in [1.54, 1.807) is 30.3 Å². The van der Waals surface area contributed by atoms with E-state index in [2.05, 4.69) is 17.9 Å². The third-order valence-electron chi connectivity index (χ3n) is 12.8. The van der Waals surface area contributed by atoms with E-state index in [0.717, 1.165) is 32.1 Å². The minimum Gasteiger partial charge on any atom is -0.494 e. The highest BCUT2D eigenvalue weighted by atomic mass is 16.6. The van der Waals surface area contributed by atoms with E-state index in [1.807, 2.05) is 62.3 Å². The van der Waals surface area contributed by atoms with E-state index < -0.39 is 53.6 Å². The largest absolute Gasteiger partial charge is 0.494 e. The molecule has 0 spiro atoms. The van der Waals surface area contributed by atoms with Crippen molar-refractivity contribution in [1.29, 1.82) is 0 Å². The topological polar surface area (TPSA) is 238 Å². The standard InChI is InChI=1S/C58H66O18.C4H10O.C3H6.C2H6/c1-6-38(4)35-71-57(65)48-33-46(73-53(61)42-17-21-44(22-18-42)68-30-10-9-29-67-37-59)25-27-50(48)75-55(63)40-13-15-41(16-14-40)56(64)76-51-28-26-47(34-49(51)58(66)72-36-39(5)7-2)74-54(62)43-19-23-45(24-20-43)69-31-11-12-32-70-52(60)8-3;1-3-5-4-2;1-3-2;1-2/h8,17-28,33-34,37-41H,3,6-7,9-16,29-32,35-36H2,1-2,4-5H3;3-4H2,1-2H3;3H,1H2,2H3;1-2H3. The predicted octanol–water partition coefficient (Wildman–Crippen LogP) is 13.3. The van der Waals surface area contributed by atoms with Crippen molar-refractivity contribution >= 4 is 48.3 Å². The first kappa shape index (κ1) is 73.8. The van der Waals surface area contributed by atoms with E-state index in [1.165, 1.54) is 60.7 Å². The molecule has 0 bridgehead atoms. The van der Waals surface area contributed by atoms with Crippen LogP contribution in [0.4, 0.5) is 0 Å². The maximum atomic E-state index is 13.7. The number of carbonyl (C=O) groups excluding carboxylic acids is 8. The van der Waals surface area contributed by atoms with Gasteiger partial charge < -0.3 is 52.1 Å². The van der Waals surface area contributed by atoms with Crippen molar-refractivity contribution in [1.82, 2.24) is 0 Å². The average molecular weight is 1200 g/mol. The van der Waals surface area contributed by atoms with Gasteiger partial charge in [0, 0.05) is 19.3 Å². The molecule has 470 valence electrons. The van der Waals surface area contributed by atoms with E-state index in [0.29, 0.717) is 63.5 Å². The van der Waals surface area contributed by atoms with Gasteiger partial charge in [0.15, 0.2) is 0 Å². The quantitative estimate of drug-likeness (QED) is 0.00840. The molecule has 5 rings (SSSR count). The number of esters is 7. The summed E-state index contributed by atoms with van der Waals surface area (Å²) in [6.07, 6.45) is 7.82. The molecule has 0 amide bonds. The van der Waals surface area contributed by atoms with Gasteiger partial charge in [-0.05, 0) is 169 Å². The van der Waals surface area contributed by atoms with Gasteiger partial charge in [0.2, 0.25) is 0 Å². The smallest absolute Gasteiger partial charge is 0.343 e. The second-order valence-electron chi connectivity index (χ2n) is 19.4. The summed E-state index contributed by atoms with van der Waals surface area (Å²) in [6.45, 7) is 27.9. The Morgan fingerprint density at radius 2 is 0.884 bits per heavy atom. The van der Waals surface area contributed by atoms with Gasteiger partial charge in [-0.25, -0.2) is 24.0 Å². The SMILES string of the molecule is C=CC.C=CC(=O)OCCCCOc1ccc(C(=O)Oc2ccc(OC(=O)C3CCC(C(=O)Oc4ccc(OC(=O)c5ccc(OCCCCOC=O)cc5)cc4C(=O)OCC(C)CC)CC3)c(C(=O)OCC(C)CC)c2)cc1.CC.CCOCC. The summed E-state index contributed by atoms with van der Waals surface area (Å²) >= 11 is 0. The summed E-state index contributed by atoms with van der Waals surface area (Å²) < 4.78 is 59.8. The number of unbranched alkanes of at least 4 members (excludes halogenated alkanes) is 2. The molecule has 1 aliphatic carbocycles. The number of hydrogen-bond donors (Lipinski definition) is 0. The van der Waals surface area contributed by atoms with Gasteiger partial charge in [-0.15, -0.1) is 6.58 Å². The number of benzene rings is 4. The third-order valence-corrected chi connectivity index (χ3v) is 12.8. The Bertz CT molecular complexity index is 2710. The lowest BCUT2D eigenvalue weighted by molar-refractivity contribution is -0.145. The minimum absolute atomic E-state index is 0.000304. The lowest BCUT2D eigenvalue weighted by Crippen LogP contribution is -2.31. The molecule has 1 aliphatic rings. The fourth-order valence-electron chi connectivity index (χ4n) is 7.48. The summed E-state index contributed by atoms with van der Waals surface area (Å²) in [5.74, 6) is -5.12. The predicted molar refractivity (Wildman–Crippen MR) is 324 cm³/mol. The number of hydrogen-bond acceptors (Lipinski definition) is 19. The number of rotatable bonds is 32. The molecule has 0 radical (unpaired) electrons. The molecule has 19 heteroatoms. The minimum atomic E-state index is -0.786. The highest BCUT2D eigenvalue weighted by Crippen LogP contribution is 2.35. The van der Waals surface area contributed by atoms with Gasteiger partial charge in [-0.2, -0.15) is 0 Å². The van der Waals surface area contributed by atoms with Crippen molar-refractivity contribution in [2.75, 3.05) is 52.9 Å². The molecule has 86 heavy (non-hydrogen) atoms. The first-order valence-corrected chi connectivity index (χ1v) is 29.5. The Labute approximate surface area is 506 Å². The molecular formula is C67H88O19. The fourth-order valence-corrected chi connectivity index (χ4v) is 7.48. The second-order valence-corrected chi connectivity index (χ2v) is 19.4. The zero-order valence-electron chi connectivity index (χ0n) is 51.5. The Morgan fingerprint density at radius 1 is 0.512 bits per heavy atom. The van der Waals surface area contributed by atoms with Crippen LogP contribution in [0.1, 0.15) is 168 Å². The molecule has 0 heterocycles. The summed E-state index contributed by atoms with van der Waals surface area (Å²) in [7, 11) is 0. The maximum Gasteiger partial charge on any atom is 0.343 e. The van der Waals surface area contributed by atoms with Crippen molar-refractivity contribution in [2.45, 2.75) is 127 Å². The normalized spacial score (nSPS) is 13.6. The number of ether oxygens (including phenoxy) is 11. The van der Waals surface area contributed by atoms with E-state index in [4.69, 9.17) is 47.4 Å². The zero-order chi connectivity index (χ0) is 63.7. The van der Waals surface area contributed by atoms with Crippen molar-refractivity contribution in [2.24, 2.45) is 23.7 Å². The number of carbonyl (C=O) groups is 8. The molecule has 4 aromatic carbocycles. The molecule has 0 saturated heterocycles. The highest BCUT2D eigenvalue weighted by molar-refractivity contribution is 5.97. The van der Waals surface area contributed by atoms with Crippen molar-refractivity contribution in [3.05, 3.63) is 132 Å². The van der Waals surface area contributed by atoms with Crippen LogP contribution in [0.3, 0.4) is 0 Å². The lowest BCUT2D eigenvalue weighted by Gasteiger charge is -2.26. The molecule has 0 aliphatic heterocycles. The molecule has 2 atom stereocenters. The fraction of sp³-hybridized carbons (Fsp3) is 0.463. The maximum absolute atomic E-state index is 13.7. The van der Waals surface area contributed by atoms with Crippen LogP contribution >= 0.6 is 0 Å². The van der Waals surface area contributed by atoms with Crippen LogP contribution in [0, 0.1) is 23.7 Å². The van der Waals surface area contributed by atoms with Crippen LogP contribution in [0.2, 0.25) is 0 Å². The van der Waals surface area contributed by atoms with Gasteiger partial charge in [0.25, 0.3) is 6.47 Å². The Hall–Kier alpha value is -8.32. The van der Waals surface area contributed by atoms with Crippen molar-refractivity contribution in [3.63, 3.8) is 0 Å². The highest BCUT2D eigenvalue weighted by Gasteiger charge is 2.34. The average Bonchev–Trinajstić information content (AvgIpc) is 2.47. The van der Waals surface area contributed by atoms with Crippen LogP contribution in [0.25, 0.3) is 0 Å². The molecular weight excluding hydrogens is 1110 g/mol. The van der Waals surface area contributed by atoms with Crippen molar-refractivity contribution in [3.8, 4) is 34.5 Å². The van der Waals surface area contributed by atoms with Crippen molar-refractivity contribution < 1.29 is 90.5 Å². The van der Waals surface area contributed by atoms with Crippen LogP contribution in [-0.2, 0) is 42.9 Å². The van der Waals surface area contributed by atoms with E-state index in [-0.39, 0.29) is 103 Å². The molecule has 2 unspecified atom stereocenters. The molecule has 4 aromatic rings. The second kappa shape index (κ2) is 43.3. The zero-order valence-corrected chi connectivity index (χ0v) is 51.5. The summed E-state index contributed by atoms with van der Waals surface area (Å²) in [6, 6.07) is 20.6. The van der Waals surface area contributed by atoms with Crippen LogP contribution in [0.5, 0.6) is 34.5 Å². The summed E-state index contributed by atoms with van der Waals surface area (Å²) in [5.41, 5.74) is 0.154. The van der Waals surface area contributed by atoms with Gasteiger partial charge in [0.1, 0.15) is 45.6 Å². The molecule has 1 saturated carbocycles. The molecule has 19 nitrogen and oxygen atoms in total.